The molecule has 2 atom stereocenters. The molecule has 0 amide bonds. The van der Waals surface area contributed by atoms with Gasteiger partial charge in [0.2, 0.25) is 0 Å². The minimum Gasteiger partial charge on any atom is -0.460 e. The van der Waals surface area contributed by atoms with E-state index in [1.807, 2.05) is 30.3 Å². The molecule has 0 heterocycles. The van der Waals surface area contributed by atoms with Crippen LogP contribution in [0.15, 0.2) is 59.1 Å². The van der Waals surface area contributed by atoms with Crippen LogP contribution in [0.5, 0.6) is 5.75 Å². The van der Waals surface area contributed by atoms with Gasteiger partial charge in [0.05, 0.1) is 0 Å². The lowest BCUT2D eigenvalue weighted by Gasteiger charge is -2.05. The molecule has 0 aliphatic heterocycles. The van der Waals surface area contributed by atoms with Crippen LogP contribution in [0.25, 0.3) is 11.1 Å². The molecule has 0 saturated carbocycles. The van der Waals surface area contributed by atoms with Crippen LogP contribution in [-0.2, 0) is 0 Å². The fourth-order valence-corrected chi connectivity index (χ4v) is 2.83. The molecular formula is C12H13N2OP3. The first-order valence-corrected chi connectivity index (χ1v) is 7.59. The largest absolute Gasteiger partial charge is 0.460 e. The maximum absolute atomic E-state index is 5.54. The molecule has 92 valence electrons. The minimum absolute atomic E-state index is 0.210. The molecule has 0 fully saturated rings. The quantitative estimate of drug-likeness (QED) is 0.642. The van der Waals surface area contributed by atoms with Gasteiger partial charge in [-0.05, 0) is 32.7 Å². The van der Waals surface area contributed by atoms with Gasteiger partial charge in [0.1, 0.15) is 14.3 Å². The van der Waals surface area contributed by atoms with Crippen molar-refractivity contribution >= 4 is 26.9 Å². The van der Waals surface area contributed by atoms with Crippen LogP contribution >= 0.6 is 26.9 Å². The van der Waals surface area contributed by atoms with Gasteiger partial charge < -0.3 is 4.52 Å². The summed E-state index contributed by atoms with van der Waals surface area (Å²) < 4.78 is 9.36. The predicted molar refractivity (Wildman–Crippen MR) is 83.0 cm³/mol. The van der Waals surface area contributed by atoms with Crippen LogP contribution in [0.1, 0.15) is 0 Å². The van der Waals surface area contributed by atoms with E-state index in [0.717, 1.165) is 14.3 Å². The van der Waals surface area contributed by atoms with Crippen molar-refractivity contribution in [2.24, 2.45) is 4.52 Å². The molecule has 2 unspecified atom stereocenters. The van der Waals surface area contributed by atoms with E-state index < -0.39 is 0 Å². The van der Waals surface area contributed by atoms with Crippen molar-refractivity contribution < 1.29 is 4.52 Å². The average Bonchev–Trinajstić information content (AvgIpc) is 2.45. The Hall–Kier alpha value is -0.840. The Morgan fingerprint density at radius 1 is 1.00 bits per heavy atom. The molecule has 0 spiro atoms. The molecule has 0 radical (unpaired) electrons. The van der Waals surface area contributed by atoms with E-state index in [2.05, 4.69) is 43.0 Å². The number of nitrogens with one attached hydrogen (secondary N) is 1. The van der Waals surface area contributed by atoms with Crippen LogP contribution in [0.3, 0.4) is 0 Å². The van der Waals surface area contributed by atoms with Crippen molar-refractivity contribution in [3.8, 4) is 16.9 Å². The van der Waals surface area contributed by atoms with E-state index in [-0.39, 0.29) is 8.96 Å². The Balaban J connectivity index is 1.98. The molecule has 0 bridgehead atoms. The number of hydrogen-bond acceptors (Lipinski definition) is 2. The highest BCUT2D eigenvalue weighted by Crippen LogP contribution is 2.25. The molecule has 0 saturated heterocycles. The second-order valence-electron chi connectivity index (χ2n) is 3.42. The van der Waals surface area contributed by atoms with Gasteiger partial charge in [-0.3, -0.25) is 0 Å². The number of nitrogens with zero attached hydrogens (tertiary/aromatic N) is 1. The third kappa shape index (κ3) is 4.12. The van der Waals surface area contributed by atoms with Crippen LogP contribution in [0.2, 0.25) is 0 Å². The Morgan fingerprint density at radius 3 is 2.33 bits per heavy atom. The SMILES string of the molecule is PN=PNPOc1ccc(-c2ccccc2)cc1. The molecule has 2 rings (SSSR count). The molecule has 1 N–H and O–H groups in total. The normalized spacial score (nSPS) is 11.4. The Kier molecular flexibility index (Phi) is 5.71. The lowest BCUT2D eigenvalue weighted by atomic mass is 10.1. The van der Waals surface area contributed by atoms with Gasteiger partial charge in [-0.25, -0.2) is 9.37 Å². The Morgan fingerprint density at radius 2 is 1.67 bits per heavy atom. The molecule has 2 aromatic carbocycles. The van der Waals surface area contributed by atoms with E-state index in [4.69, 9.17) is 4.52 Å². The summed E-state index contributed by atoms with van der Waals surface area (Å²) in [6.45, 7) is 0. The lowest BCUT2D eigenvalue weighted by molar-refractivity contribution is 0.629. The predicted octanol–water partition coefficient (Wildman–Crippen LogP) is 4.67. The summed E-state index contributed by atoms with van der Waals surface area (Å²) >= 11 is 0. The van der Waals surface area contributed by atoms with Crippen molar-refractivity contribution in [1.29, 1.82) is 0 Å². The van der Waals surface area contributed by atoms with Gasteiger partial charge in [-0.2, -0.15) is 0 Å². The average molecular weight is 294 g/mol. The van der Waals surface area contributed by atoms with Crippen molar-refractivity contribution in [3.63, 3.8) is 0 Å². The highest BCUT2D eigenvalue weighted by molar-refractivity contribution is 7.46. The van der Waals surface area contributed by atoms with Crippen LogP contribution in [0.4, 0.5) is 0 Å². The third-order valence-corrected chi connectivity index (χ3v) is 3.85. The number of benzene rings is 2. The fraction of sp³-hybridized carbons (Fsp3) is 0. The zero-order valence-corrected chi connectivity index (χ0v) is 12.6. The Labute approximate surface area is 112 Å². The molecule has 18 heavy (non-hydrogen) atoms. The van der Waals surface area contributed by atoms with E-state index in [0.29, 0.717) is 0 Å². The maximum Gasteiger partial charge on any atom is 0.155 e. The van der Waals surface area contributed by atoms with Gasteiger partial charge >= 0.3 is 0 Å². The maximum atomic E-state index is 5.54. The lowest BCUT2D eigenvalue weighted by Crippen LogP contribution is -1.86. The van der Waals surface area contributed by atoms with E-state index in [1.54, 1.807) is 0 Å². The number of rotatable bonds is 5. The van der Waals surface area contributed by atoms with E-state index in [9.17, 15) is 0 Å². The first-order chi connectivity index (χ1) is 8.90. The van der Waals surface area contributed by atoms with Crippen LogP contribution in [0, 0.1) is 0 Å². The van der Waals surface area contributed by atoms with Crippen molar-refractivity contribution in [1.82, 2.24) is 4.86 Å². The molecule has 0 aliphatic carbocycles. The molecule has 2 aromatic rings. The summed E-state index contributed by atoms with van der Waals surface area (Å²) in [5, 5.41) is 0. The van der Waals surface area contributed by atoms with E-state index in [1.165, 1.54) is 11.1 Å². The molecular weight excluding hydrogens is 281 g/mol. The fourth-order valence-electron chi connectivity index (χ4n) is 1.48. The van der Waals surface area contributed by atoms with Gasteiger partial charge in [0.25, 0.3) is 0 Å². The zero-order chi connectivity index (χ0) is 12.6. The van der Waals surface area contributed by atoms with Crippen LogP contribution < -0.4 is 9.38 Å². The summed E-state index contributed by atoms with van der Waals surface area (Å²) in [6.07, 6.45) is 0. The summed E-state index contributed by atoms with van der Waals surface area (Å²) in [5.74, 6) is 0.861. The van der Waals surface area contributed by atoms with Crippen molar-refractivity contribution in [3.05, 3.63) is 54.6 Å². The summed E-state index contributed by atoms with van der Waals surface area (Å²) in [5.41, 5.74) is 2.40. The molecule has 0 aromatic heterocycles. The molecule has 6 heteroatoms. The monoisotopic (exact) mass is 294 g/mol. The highest BCUT2D eigenvalue weighted by Gasteiger charge is 1.97. The second kappa shape index (κ2) is 7.56. The van der Waals surface area contributed by atoms with Crippen molar-refractivity contribution in [2.45, 2.75) is 0 Å². The standard InChI is InChI=1S/C12H13N2OP3/c16-13-17-14-18-15-12-8-6-11(7-9-12)10-4-2-1-3-5-10/h1-9,18H,16H2,(H,13,14). The van der Waals surface area contributed by atoms with E-state index >= 15 is 0 Å². The summed E-state index contributed by atoms with van der Waals surface area (Å²) in [7, 11) is 3.32. The van der Waals surface area contributed by atoms with Crippen molar-refractivity contribution in [2.75, 3.05) is 0 Å². The van der Waals surface area contributed by atoms with Gasteiger partial charge in [0.15, 0.2) is 8.96 Å². The first-order valence-electron chi connectivity index (χ1n) is 5.32. The minimum atomic E-state index is 0.210. The van der Waals surface area contributed by atoms with Crippen LogP contribution in [-0.4, -0.2) is 0 Å². The molecule has 0 aliphatic rings. The topological polar surface area (TPSA) is 33.6 Å². The molecule has 3 nitrogen and oxygen atoms in total. The third-order valence-electron chi connectivity index (χ3n) is 2.28. The summed E-state index contributed by atoms with van der Waals surface area (Å²) in [6, 6.07) is 18.4. The first kappa shape index (κ1) is 13.6. The van der Waals surface area contributed by atoms with Gasteiger partial charge in [0, 0.05) is 0 Å². The van der Waals surface area contributed by atoms with Gasteiger partial charge in [-0.1, -0.05) is 42.5 Å². The zero-order valence-electron chi connectivity index (χ0n) is 9.58. The smallest absolute Gasteiger partial charge is 0.155 e. The highest BCUT2D eigenvalue weighted by atomic mass is 31.1. The summed E-state index contributed by atoms with van der Waals surface area (Å²) in [4.78, 5) is 3.02. The Bertz CT molecular complexity index is 502. The second-order valence-corrected chi connectivity index (χ2v) is 5.85. The number of hydrogen-bond donors (Lipinski definition) is 1. The van der Waals surface area contributed by atoms with Gasteiger partial charge in [-0.15, -0.1) is 0 Å².